The average molecular weight is 433 g/mol. The summed E-state index contributed by atoms with van der Waals surface area (Å²) in [6, 6.07) is 19.9. The van der Waals surface area contributed by atoms with E-state index in [0.717, 1.165) is 29.7 Å². The van der Waals surface area contributed by atoms with Crippen molar-refractivity contribution in [1.82, 2.24) is 0 Å². The molecule has 0 aliphatic heterocycles. The third-order valence-electron chi connectivity index (χ3n) is 5.10. The standard InChI is InChI=1S/C26H28N2O4/c1-4-18-9-8-10-19(5-2)25(18)28-24(29)17-32-21-15-13-20(14-16-21)26(30)27-22-11-6-7-12-23(22)31-3/h6-16H,4-5,17H2,1-3H3,(H,27,30)(H,28,29). The summed E-state index contributed by atoms with van der Waals surface area (Å²) >= 11 is 0. The van der Waals surface area contributed by atoms with E-state index in [-0.39, 0.29) is 18.4 Å². The largest absolute Gasteiger partial charge is 0.495 e. The van der Waals surface area contributed by atoms with Gasteiger partial charge in [0, 0.05) is 11.3 Å². The van der Waals surface area contributed by atoms with Crippen LogP contribution >= 0.6 is 0 Å². The molecule has 0 bridgehead atoms. The van der Waals surface area contributed by atoms with Gasteiger partial charge in [0.15, 0.2) is 6.61 Å². The molecule has 2 amide bonds. The van der Waals surface area contributed by atoms with E-state index in [1.54, 1.807) is 43.5 Å². The molecular formula is C26H28N2O4. The van der Waals surface area contributed by atoms with Crippen LogP contribution in [0.2, 0.25) is 0 Å². The Labute approximate surface area is 188 Å². The summed E-state index contributed by atoms with van der Waals surface area (Å²) in [6.07, 6.45) is 1.67. The van der Waals surface area contributed by atoms with Gasteiger partial charge in [0.25, 0.3) is 11.8 Å². The number of aryl methyl sites for hydroxylation is 2. The summed E-state index contributed by atoms with van der Waals surface area (Å²) in [6.45, 7) is 4.01. The quantitative estimate of drug-likeness (QED) is 0.494. The molecule has 3 aromatic rings. The molecule has 32 heavy (non-hydrogen) atoms. The van der Waals surface area contributed by atoms with Gasteiger partial charge >= 0.3 is 0 Å². The molecule has 0 fully saturated rings. The van der Waals surface area contributed by atoms with Crippen molar-refractivity contribution < 1.29 is 19.1 Å². The zero-order valence-electron chi connectivity index (χ0n) is 18.6. The number of para-hydroxylation sites is 3. The second-order valence-electron chi connectivity index (χ2n) is 7.17. The number of hydrogen-bond donors (Lipinski definition) is 2. The topological polar surface area (TPSA) is 76.7 Å². The average Bonchev–Trinajstić information content (AvgIpc) is 2.83. The Morgan fingerprint density at radius 3 is 2.09 bits per heavy atom. The van der Waals surface area contributed by atoms with E-state index in [9.17, 15) is 9.59 Å². The Morgan fingerprint density at radius 1 is 0.812 bits per heavy atom. The Hall–Kier alpha value is -3.80. The Bertz CT molecular complexity index is 1060. The van der Waals surface area contributed by atoms with Gasteiger partial charge in [0.1, 0.15) is 11.5 Å². The smallest absolute Gasteiger partial charge is 0.262 e. The van der Waals surface area contributed by atoms with Gasteiger partial charge in [-0.05, 0) is 60.4 Å². The first kappa shape index (κ1) is 22.9. The van der Waals surface area contributed by atoms with Gasteiger partial charge in [-0.25, -0.2) is 0 Å². The lowest BCUT2D eigenvalue weighted by molar-refractivity contribution is -0.118. The highest BCUT2D eigenvalue weighted by Crippen LogP contribution is 2.24. The highest BCUT2D eigenvalue weighted by Gasteiger charge is 2.12. The van der Waals surface area contributed by atoms with E-state index in [0.29, 0.717) is 22.7 Å². The van der Waals surface area contributed by atoms with E-state index < -0.39 is 0 Å². The zero-order chi connectivity index (χ0) is 22.9. The van der Waals surface area contributed by atoms with Crippen LogP contribution in [0.3, 0.4) is 0 Å². The first-order valence-corrected chi connectivity index (χ1v) is 10.6. The van der Waals surface area contributed by atoms with Crippen LogP contribution < -0.4 is 20.1 Å². The van der Waals surface area contributed by atoms with Crippen LogP contribution in [0, 0.1) is 0 Å². The van der Waals surface area contributed by atoms with E-state index in [2.05, 4.69) is 24.5 Å². The third-order valence-corrected chi connectivity index (χ3v) is 5.10. The van der Waals surface area contributed by atoms with Crippen molar-refractivity contribution in [1.29, 1.82) is 0 Å². The summed E-state index contributed by atoms with van der Waals surface area (Å²) < 4.78 is 10.9. The molecule has 0 radical (unpaired) electrons. The molecule has 0 heterocycles. The lowest BCUT2D eigenvalue weighted by Gasteiger charge is -2.15. The Balaban J connectivity index is 1.58. The van der Waals surface area contributed by atoms with Crippen molar-refractivity contribution in [2.24, 2.45) is 0 Å². The van der Waals surface area contributed by atoms with Crippen molar-refractivity contribution in [2.45, 2.75) is 26.7 Å². The van der Waals surface area contributed by atoms with Crippen LogP contribution in [0.1, 0.15) is 35.3 Å². The summed E-state index contributed by atoms with van der Waals surface area (Å²) in [5.41, 5.74) is 4.13. The number of rotatable bonds is 9. The zero-order valence-corrected chi connectivity index (χ0v) is 18.6. The maximum atomic E-state index is 12.5. The maximum Gasteiger partial charge on any atom is 0.262 e. The number of benzene rings is 3. The molecule has 3 rings (SSSR count). The number of nitrogens with one attached hydrogen (secondary N) is 2. The number of hydrogen-bond acceptors (Lipinski definition) is 4. The van der Waals surface area contributed by atoms with Crippen molar-refractivity contribution in [3.05, 3.63) is 83.4 Å². The molecule has 3 aromatic carbocycles. The molecule has 6 heteroatoms. The summed E-state index contributed by atoms with van der Waals surface area (Å²) in [7, 11) is 1.55. The van der Waals surface area contributed by atoms with Crippen LogP contribution in [0.25, 0.3) is 0 Å². The van der Waals surface area contributed by atoms with E-state index in [4.69, 9.17) is 9.47 Å². The van der Waals surface area contributed by atoms with Crippen LogP contribution in [0.15, 0.2) is 66.7 Å². The molecule has 166 valence electrons. The lowest BCUT2D eigenvalue weighted by atomic mass is 10.0. The van der Waals surface area contributed by atoms with Crippen LogP contribution in [0.5, 0.6) is 11.5 Å². The number of amides is 2. The molecule has 0 aromatic heterocycles. The van der Waals surface area contributed by atoms with Gasteiger partial charge in [-0.2, -0.15) is 0 Å². The third kappa shape index (κ3) is 5.66. The fraction of sp³-hybridized carbons (Fsp3) is 0.231. The molecule has 0 saturated carbocycles. The maximum absolute atomic E-state index is 12.5. The molecule has 0 atom stereocenters. The van der Waals surface area contributed by atoms with Crippen LogP contribution in [-0.2, 0) is 17.6 Å². The van der Waals surface area contributed by atoms with Gasteiger partial charge in [-0.1, -0.05) is 44.2 Å². The first-order valence-electron chi connectivity index (χ1n) is 10.6. The number of carbonyl (C=O) groups excluding carboxylic acids is 2. The summed E-state index contributed by atoms with van der Waals surface area (Å²) in [4.78, 5) is 25.0. The molecule has 6 nitrogen and oxygen atoms in total. The minimum Gasteiger partial charge on any atom is -0.495 e. The second kappa shape index (κ2) is 11.0. The van der Waals surface area contributed by atoms with E-state index >= 15 is 0 Å². The molecule has 0 unspecified atom stereocenters. The number of carbonyl (C=O) groups is 2. The van der Waals surface area contributed by atoms with Crippen molar-refractivity contribution in [2.75, 3.05) is 24.4 Å². The Morgan fingerprint density at radius 2 is 1.47 bits per heavy atom. The molecule has 0 spiro atoms. The monoisotopic (exact) mass is 432 g/mol. The first-order chi connectivity index (χ1) is 15.5. The molecule has 0 aliphatic carbocycles. The van der Waals surface area contributed by atoms with Gasteiger partial charge in [0.05, 0.1) is 12.8 Å². The van der Waals surface area contributed by atoms with Crippen molar-refractivity contribution >= 4 is 23.2 Å². The van der Waals surface area contributed by atoms with Gasteiger partial charge in [-0.3, -0.25) is 9.59 Å². The summed E-state index contributed by atoms with van der Waals surface area (Å²) in [5, 5.41) is 5.81. The van der Waals surface area contributed by atoms with Crippen molar-refractivity contribution in [3.8, 4) is 11.5 Å². The highest BCUT2D eigenvalue weighted by atomic mass is 16.5. The van der Waals surface area contributed by atoms with Gasteiger partial charge in [0.2, 0.25) is 0 Å². The SMILES string of the molecule is CCc1cccc(CC)c1NC(=O)COc1ccc(C(=O)Nc2ccccc2OC)cc1. The number of anilines is 2. The van der Waals surface area contributed by atoms with E-state index in [1.807, 2.05) is 30.3 Å². The Kier molecular flexibility index (Phi) is 7.86. The molecule has 2 N–H and O–H groups in total. The normalized spacial score (nSPS) is 10.3. The van der Waals surface area contributed by atoms with Crippen LogP contribution in [-0.4, -0.2) is 25.5 Å². The predicted molar refractivity (Wildman–Crippen MR) is 127 cm³/mol. The fourth-order valence-corrected chi connectivity index (χ4v) is 3.37. The lowest BCUT2D eigenvalue weighted by Crippen LogP contribution is -2.21. The predicted octanol–water partition coefficient (Wildman–Crippen LogP) is 5.09. The number of methoxy groups -OCH3 is 1. The highest BCUT2D eigenvalue weighted by molar-refractivity contribution is 6.05. The minimum atomic E-state index is -0.262. The number of ether oxygens (including phenoxy) is 2. The molecule has 0 saturated heterocycles. The fourth-order valence-electron chi connectivity index (χ4n) is 3.37. The summed E-state index contributed by atoms with van der Waals surface area (Å²) in [5.74, 6) is 0.608. The van der Waals surface area contributed by atoms with Gasteiger partial charge < -0.3 is 20.1 Å². The van der Waals surface area contributed by atoms with Crippen molar-refractivity contribution in [3.63, 3.8) is 0 Å². The van der Waals surface area contributed by atoms with Crippen LogP contribution in [0.4, 0.5) is 11.4 Å². The second-order valence-corrected chi connectivity index (χ2v) is 7.17. The van der Waals surface area contributed by atoms with E-state index in [1.165, 1.54) is 0 Å². The molecular weight excluding hydrogens is 404 g/mol. The molecule has 0 aliphatic rings. The van der Waals surface area contributed by atoms with Gasteiger partial charge in [-0.15, -0.1) is 0 Å². The minimum absolute atomic E-state index is 0.117.